The van der Waals surface area contributed by atoms with Gasteiger partial charge in [-0.3, -0.25) is 4.79 Å². The van der Waals surface area contributed by atoms with Crippen LogP contribution in [0.25, 0.3) is 16.6 Å². The third-order valence-electron chi connectivity index (χ3n) is 2.70. The molecule has 7 heteroatoms. The molecule has 0 saturated heterocycles. The van der Waals surface area contributed by atoms with Crippen molar-refractivity contribution in [2.45, 2.75) is 6.92 Å². The van der Waals surface area contributed by atoms with Gasteiger partial charge in [0.1, 0.15) is 6.26 Å². The molecular formula is C12H7Cl2N3O2. The van der Waals surface area contributed by atoms with Crippen molar-refractivity contribution >= 4 is 34.1 Å². The third-order valence-corrected chi connectivity index (χ3v) is 3.13. The van der Waals surface area contributed by atoms with Crippen molar-refractivity contribution < 1.29 is 4.52 Å². The Hall–Kier alpha value is -1.85. The second-order valence-corrected chi connectivity index (χ2v) is 4.88. The first-order valence-corrected chi connectivity index (χ1v) is 6.12. The molecule has 0 fully saturated rings. The molecule has 3 aromatic rings. The Balaban J connectivity index is 2.36. The van der Waals surface area contributed by atoms with Crippen molar-refractivity contribution in [2.24, 2.45) is 0 Å². The SMILES string of the molecule is Cc1nn(-c2cc(Cl)cc(Cl)c2)c(=O)c2nocc12. The third kappa shape index (κ3) is 2.01. The maximum Gasteiger partial charge on any atom is 0.301 e. The van der Waals surface area contributed by atoms with Crippen LogP contribution < -0.4 is 5.56 Å². The molecule has 0 atom stereocenters. The molecule has 0 aliphatic rings. The van der Waals surface area contributed by atoms with Crippen molar-refractivity contribution in [3.05, 3.63) is 50.6 Å². The van der Waals surface area contributed by atoms with E-state index in [0.717, 1.165) is 0 Å². The van der Waals surface area contributed by atoms with E-state index in [4.69, 9.17) is 27.7 Å². The summed E-state index contributed by atoms with van der Waals surface area (Å²) in [5.74, 6) is 0. The van der Waals surface area contributed by atoms with Crippen molar-refractivity contribution in [3.8, 4) is 5.69 Å². The van der Waals surface area contributed by atoms with Crippen LogP contribution in [-0.2, 0) is 0 Å². The fourth-order valence-corrected chi connectivity index (χ4v) is 2.35. The molecule has 0 spiro atoms. The summed E-state index contributed by atoms with van der Waals surface area (Å²) in [5.41, 5.74) is 0.957. The van der Waals surface area contributed by atoms with Gasteiger partial charge in [0.05, 0.1) is 16.8 Å². The fourth-order valence-electron chi connectivity index (χ4n) is 1.83. The molecule has 1 aromatic carbocycles. The lowest BCUT2D eigenvalue weighted by molar-refractivity contribution is 0.427. The lowest BCUT2D eigenvalue weighted by Crippen LogP contribution is -2.22. The van der Waals surface area contributed by atoms with Gasteiger partial charge >= 0.3 is 5.56 Å². The van der Waals surface area contributed by atoms with E-state index >= 15 is 0 Å². The van der Waals surface area contributed by atoms with E-state index in [2.05, 4.69) is 10.3 Å². The summed E-state index contributed by atoms with van der Waals surface area (Å²) in [4.78, 5) is 12.3. The van der Waals surface area contributed by atoms with Crippen LogP contribution >= 0.6 is 23.2 Å². The fraction of sp³-hybridized carbons (Fsp3) is 0.0833. The van der Waals surface area contributed by atoms with Crippen LogP contribution in [0.2, 0.25) is 10.0 Å². The zero-order valence-corrected chi connectivity index (χ0v) is 11.2. The van der Waals surface area contributed by atoms with Crippen LogP contribution in [0.5, 0.6) is 0 Å². The van der Waals surface area contributed by atoms with Gasteiger partial charge in [0.15, 0.2) is 5.52 Å². The van der Waals surface area contributed by atoms with E-state index < -0.39 is 0 Å². The summed E-state index contributed by atoms with van der Waals surface area (Å²) in [6.45, 7) is 1.77. The summed E-state index contributed by atoms with van der Waals surface area (Å²) >= 11 is 11.9. The molecule has 2 aromatic heterocycles. The highest BCUT2D eigenvalue weighted by atomic mass is 35.5. The van der Waals surface area contributed by atoms with Gasteiger partial charge in [-0.1, -0.05) is 28.4 Å². The Kier molecular flexibility index (Phi) is 2.80. The molecule has 0 bridgehead atoms. The first kappa shape index (κ1) is 12.2. The average Bonchev–Trinajstić information content (AvgIpc) is 2.82. The highest BCUT2D eigenvalue weighted by molar-refractivity contribution is 6.34. The summed E-state index contributed by atoms with van der Waals surface area (Å²) < 4.78 is 6.02. The Labute approximate surface area is 117 Å². The predicted molar refractivity (Wildman–Crippen MR) is 72.2 cm³/mol. The van der Waals surface area contributed by atoms with Gasteiger partial charge in [-0.05, 0) is 25.1 Å². The summed E-state index contributed by atoms with van der Waals surface area (Å²) in [5, 5.41) is 9.35. The van der Waals surface area contributed by atoms with Crippen LogP contribution in [0.1, 0.15) is 5.69 Å². The minimum Gasteiger partial charge on any atom is -0.363 e. The molecule has 0 unspecified atom stereocenters. The maximum atomic E-state index is 12.3. The number of aryl methyl sites for hydroxylation is 1. The van der Waals surface area contributed by atoms with Gasteiger partial charge in [-0.15, -0.1) is 0 Å². The minimum absolute atomic E-state index is 0.226. The van der Waals surface area contributed by atoms with E-state index in [1.165, 1.54) is 10.9 Å². The van der Waals surface area contributed by atoms with E-state index in [0.29, 0.717) is 26.8 Å². The number of hydrogen-bond donors (Lipinski definition) is 0. The second-order valence-electron chi connectivity index (χ2n) is 4.01. The average molecular weight is 296 g/mol. The lowest BCUT2D eigenvalue weighted by Gasteiger charge is -2.06. The summed E-state index contributed by atoms with van der Waals surface area (Å²) in [7, 11) is 0. The molecular weight excluding hydrogens is 289 g/mol. The molecule has 19 heavy (non-hydrogen) atoms. The molecule has 0 aliphatic carbocycles. The number of rotatable bonds is 1. The van der Waals surface area contributed by atoms with Crippen molar-refractivity contribution in [1.29, 1.82) is 0 Å². The van der Waals surface area contributed by atoms with Crippen LogP contribution in [0.4, 0.5) is 0 Å². The van der Waals surface area contributed by atoms with Gasteiger partial charge < -0.3 is 4.52 Å². The normalized spacial score (nSPS) is 11.1. The Morgan fingerprint density at radius 1 is 1.21 bits per heavy atom. The second kappa shape index (κ2) is 4.36. The standard InChI is InChI=1S/C12H7Cl2N3O2/c1-6-10-5-19-16-11(10)12(18)17(15-6)9-3-7(13)2-8(14)4-9/h2-5H,1H3. The minimum atomic E-state index is -0.382. The molecule has 0 amide bonds. The van der Waals surface area contributed by atoms with Gasteiger partial charge in [0.2, 0.25) is 0 Å². The van der Waals surface area contributed by atoms with E-state index in [1.807, 2.05) is 0 Å². The highest BCUT2D eigenvalue weighted by Gasteiger charge is 2.13. The molecule has 0 aliphatic heterocycles. The first-order chi connectivity index (χ1) is 9.06. The zero-order valence-electron chi connectivity index (χ0n) is 9.72. The first-order valence-electron chi connectivity index (χ1n) is 5.37. The number of aromatic nitrogens is 3. The molecule has 0 saturated carbocycles. The van der Waals surface area contributed by atoms with Gasteiger partial charge in [-0.25, -0.2) is 0 Å². The predicted octanol–water partition coefficient (Wildman–Crippen LogP) is 2.99. The number of hydrogen-bond acceptors (Lipinski definition) is 4. The van der Waals surface area contributed by atoms with Gasteiger partial charge in [0, 0.05) is 10.0 Å². The largest absolute Gasteiger partial charge is 0.363 e. The molecule has 0 N–H and O–H groups in total. The van der Waals surface area contributed by atoms with Crippen LogP contribution in [0.15, 0.2) is 33.8 Å². The monoisotopic (exact) mass is 295 g/mol. The summed E-state index contributed by atoms with van der Waals surface area (Å²) in [6.07, 6.45) is 1.40. The van der Waals surface area contributed by atoms with Gasteiger partial charge in [0.25, 0.3) is 0 Å². The van der Waals surface area contributed by atoms with Gasteiger partial charge in [-0.2, -0.15) is 9.78 Å². The zero-order chi connectivity index (χ0) is 13.6. The summed E-state index contributed by atoms with van der Waals surface area (Å²) in [6, 6.07) is 4.79. The number of benzene rings is 1. The quantitative estimate of drug-likeness (QED) is 0.692. The number of halogens is 2. The topological polar surface area (TPSA) is 60.9 Å². The smallest absolute Gasteiger partial charge is 0.301 e. The molecule has 2 heterocycles. The van der Waals surface area contributed by atoms with E-state index in [9.17, 15) is 4.79 Å². The number of fused-ring (bicyclic) bond motifs is 1. The molecule has 96 valence electrons. The lowest BCUT2D eigenvalue weighted by atomic mass is 10.2. The van der Waals surface area contributed by atoms with E-state index in [-0.39, 0.29) is 11.1 Å². The van der Waals surface area contributed by atoms with Crippen LogP contribution in [0.3, 0.4) is 0 Å². The molecule has 5 nitrogen and oxygen atoms in total. The number of nitrogens with zero attached hydrogens (tertiary/aromatic N) is 3. The highest BCUT2D eigenvalue weighted by Crippen LogP contribution is 2.21. The van der Waals surface area contributed by atoms with Crippen molar-refractivity contribution in [1.82, 2.24) is 14.9 Å². The molecule has 0 radical (unpaired) electrons. The van der Waals surface area contributed by atoms with Crippen molar-refractivity contribution in [3.63, 3.8) is 0 Å². The van der Waals surface area contributed by atoms with Crippen LogP contribution in [-0.4, -0.2) is 14.9 Å². The molecule has 3 rings (SSSR count). The Bertz CT molecular complexity index is 818. The van der Waals surface area contributed by atoms with Crippen molar-refractivity contribution in [2.75, 3.05) is 0 Å². The maximum absolute atomic E-state index is 12.3. The Morgan fingerprint density at radius 3 is 2.58 bits per heavy atom. The Morgan fingerprint density at radius 2 is 1.89 bits per heavy atom. The van der Waals surface area contributed by atoms with E-state index in [1.54, 1.807) is 25.1 Å². The van der Waals surface area contributed by atoms with Crippen LogP contribution in [0, 0.1) is 6.92 Å².